The van der Waals surface area contributed by atoms with Crippen LogP contribution in [0.15, 0.2) is 54.6 Å². The first-order valence-electron chi connectivity index (χ1n) is 7.25. The molecule has 0 aliphatic rings. The van der Waals surface area contributed by atoms with Crippen molar-refractivity contribution in [3.8, 4) is 11.1 Å². The Balaban J connectivity index is 1.89. The van der Waals surface area contributed by atoms with Gasteiger partial charge in [0.1, 0.15) is 0 Å². The van der Waals surface area contributed by atoms with Gasteiger partial charge in [0.15, 0.2) is 6.61 Å². The third-order valence-corrected chi connectivity index (χ3v) is 3.15. The van der Waals surface area contributed by atoms with Crippen molar-refractivity contribution in [3.63, 3.8) is 0 Å². The molecule has 4 heteroatoms. The zero-order chi connectivity index (χ0) is 15.8. The highest BCUT2D eigenvalue weighted by Gasteiger charge is 2.08. The Kier molecular flexibility index (Phi) is 5.72. The number of likely N-dealkylation sites (N-methyl/N-ethyl adjacent to an activating group) is 1. The van der Waals surface area contributed by atoms with E-state index >= 15 is 0 Å². The number of carbonyl (C=O) groups is 2. The first kappa shape index (κ1) is 15.8. The molecular formula is C18H19NO3. The summed E-state index contributed by atoms with van der Waals surface area (Å²) < 4.78 is 4.92. The lowest BCUT2D eigenvalue weighted by Gasteiger charge is -2.06. The highest BCUT2D eigenvalue weighted by Crippen LogP contribution is 2.19. The summed E-state index contributed by atoms with van der Waals surface area (Å²) in [5, 5.41) is 2.57. The molecule has 0 aliphatic heterocycles. The number of hydrogen-bond donors (Lipinski definition) is 1. The van der Waals surface area contributed by atoms with Crippen molar-refractivity contribution in [2.75, 3.05) is 13.2 Å². The lowest BCUT2D eigenvalue weighted by molar-refractivity contribution is -0.147. The smallest absolute Gasteiger partial charge is 0.310 e. The zero-order valence-electron chi connectivity index (χ0n) is 12.5. The van der Waals surface area contributed by atoms with Crippen LogP contribution in [0.3, 0.4) is 0 Å². The van der Waals surface area contributed by atoms with Crippen LogP contribution in [0.4, 0.5) is 0 Å². The highest BCUT2D eigenvalue weighted by molar-refractivity contribution is 5.81. The SMILES string of the molecule is CCNC(=O)COC(=O)Cc1ccc(-c2ccccc2)cc1. The maximum atomic E-state index is 11.7. The van der Waals surface area contributed by atoms with E-state index in [1.165, 1.54) is 0 Å². The van der Waals surface area contributed by atoms with Crippen molar-refractivity contribution >= 4 is 11.9 Å². The molecule has 0 bridgehead atoms. The lowest BCUT2D eigenvalue weighted by Crippen LogP contribution is -2.28. The van der Waals surface area contributed by atoms with Gasteiger partial charge in [0.05, 0.1) is 6.42 Å². The molecule has 2 aromatic carbocycles. The van der Waals surface area contributed by atoms with Gasteiger partial charge in [-0.3, -0.25) is 9.59 Å². The van der Waals surface area contributed by atoms with Gasteiger partial charge in [-0.15, -0.1) is 0 Å². The standard InChI is InChI=1S/C18H19NO3/c1-2-19-17(20)13-22-18(21)12-14-8-10-16(11-9-14)15-6-4-3-5-7-15/h3-11H,2,12-13H2,1H3,(H,19,20). The number of amides is 1. The molecule has 0 heterocycles. The summed E-state index contributed by atoms with van der Waals surface area (Å²) in [6.07, 6.45) is 0.161. The normalized spacial score (nSPS) is 10.0. The van der Waals surface area contributed by atoms with Crippen LogP contribution >= 0.6 is 0 Å². The van der Waals surface area contributed by atoms with Gasteiger partial charge in [0.2, 0.25) is 0 Å². The average Bonchev–Trinajstić information content (AvgIpc) is 2.55. The number of ether oxygens (including phenoxy) is 1. The van der Waals surface area contributed by atoms with Gasteiger partial charge >= 0.3 is 5.97 Å². The van der Waals surface area contributed by atoms with Crippen LogP contribution in [-0.4, -0.2) is 25.0 Å². The van der Waals surface area contributed by atoms with Gasteiger partial charge in [-0.05, 0) is 23.6 Å². The fourth-order valence-corrected chi connectivity index (χ4v) is 2.06. The lowest BCUT2D eigenvalue weighted by atomic mass is 10.0. The molecule has 0 atom stereocenters. The van der Waals surface area contributed by atoms with E-state index in [0.29, 0.717) is 6.54 Å². The molecule has 0 fully saturated rings. The molecule has 0 radical (unpaired) electrons. The number of hydrogen-bond acceptors (Lipinski definition) is 3. The number of nitrogens with one attached hydrogen (secondary N) is 1. The van der Waals surface area contributed by atoms with Crippen molar-refractivity contribution in [1.82, 2.24) is 5.32 Å². The van der Waals surface area contributed by atoms with E-state index in [0.717, 1.165) is 16.7 Å². The van der Waals surface area contributed by atoms with E-state index < -0.39 is 5.97 Å². The molecule has 2 rings (SSSR count). The summed E-state index contributed by atoms with van der Waals surface area (Å²) >= 11 is 0. The van der Waals surface area contributed by atoms with Crippen LogP contribution in [0.25, 0.3) is 11.1 Å². The van der Waals surface area contributed by atoms with Gasteiger partial charge in [-0.25, -0.2) is 0 Å². The van der Waals surface area contributed by atoms with E-state index in [9.17, 15) is 9.59 Å². The Morgan fingerprint density at radius 2 is 1.59 bits per heavy atom. The predicted octanol–water partition coefficient (Wildman–Crippen LogP) is 2.58. The summed E-state index contributed by atoms with van der Waals surface area (Å²) in [4.78, 5) is 22.9. The van der Waals surface area contributed by atoms with E-state index in [1.54, 1.807) is 0 Å². The molecule has 114 valence electrons. The highest BCUT2D eigenvalue weighted by atomic mass is 16.5. The van der Waals surface area contributed by atoms with Crippen molar-refractivity contribution < 1.29 is 14.3 Å². The second-order valence-corrected chi connectivity index (χ2v) is 4.85. The second-order valence-electron chi connectivity index (χ2n) is 4.85. The third kappa shape index (κ3) is 4.74. The van der Waals surface area contributed by atoms with Crippen molar-refractivity contribution in [2.45, 2.75) is 13.3 Å². The molecule has 0 spiro atoms. The Morgan fingerprint density at radius 1 is 0.955 bits per heavy atom. The Labute approximate surface area is 130 Å². The van der Waals surface area contributed by atoms with Gasteiger partial charge in [0.25, 0.3) is 5.91 Å². The van der Waals surface area contributed by atoms with E-state index in [4.69, 9.17) is 4.74 Å². The van der Waals surface area contributed by atoms with Crippen molar-refractivity contribution in [3.05, 3.63) is 60.2 Å². The van der Waals surface area contributed by atoms with Crippen molar-refractivity contribution in [1.29, 1.82) is 0 Å². The average molecular weight is 297 g/mol. The number of rotatable bonds is 6. The Hall–Kier alpha value is -2.62. The molecule has 1 amide bonds. The Morgan fingerprint density at radius 3 is 2.23 bits per heavy atom. The van der Waals surface area contributed by atoms with E-state index in [2.05, 4.69) is 5.32 Å². The molecule has 0 unspecified atom stereocenters. The fourth-order valence-electron chi connectivity index (χ4n) is 2.06. The van der Waals surface area contributed by atoms with Crippen molar-refractivity contribution in [2.24, 2.45) is 0 Å². The molecule has 1 N–H and O–H groups in total. The number of esters is 1. The van der Waals surface area contributed by atoms with Gasteiger partial charge in [-0.1, -0.05) is 54.6 Å². The molecule has 0 saturated heterocycles. The van der Waals surface area contributed by atoms with Crippen LogP contribution in [0.5, 0.6) is 0 Å². The fraction of sp³-hybridized carbons (Fsp3) is 0.222. The van der Waals surface area contributed by atoms with Gasteiger partial charge in [-0.2, -0.15) is 0 Å². The Bertz CT molecular complexity index is 621. The van der Waals surface area contributed by atoms with Crippen LogP contribution < -0.4 is 5.32 Å². The van der Waals surface area contributed by atoms with E-state index in [-0.39, 0.29) is 18.9 Å². The molecule has 0 saturated carbocycles. The quantitative estimate of drug-likeness (QED) is 0.834. The number of benzene rings is 2. The van der Waals surface area contributed by atoms with E-state index in [1.807, 2.05) is 61.5 Å². The number of carbonyl (C=O) groups excluding carboxylic acids is 2. The first-order valence-corrected chi connectivity index (χ1v) is 7.25. The minimum Gasteiger partial charge on any atom is -0.455 e. The molecule has 0 aromatic heterocycles. The summed E-state index contributed by atoms with van der Waals surface area (Å²) in [6.45, 7) is 2.11. The molecule has 4 nitrogen and oxygen atoms in total. The third-order valence-electron chi connectivity index (χ3n) is 3.15. The largest absolute Gasteiger partial charge is 0.455 e. The molecule has 0 aliphatic carbocycles. The van der Waals surface area contributed by atoms with Crippen LogP contribution in [0.2, 0.25) is 0 Å². The van der Waals surface area contributed by atoms with Gasteiger partial charge in [0, 0.05) is 6.54 Å². The monoisotopic (exact) mass is 297 g/mol. The maximum Gasteiger partial charge on any atom is 0.310 e. The topological polar surface area (TPSA) is 55.4 Å². The van der Waals surface area contributed by atoms with Gasteiger partial charge < -0.3 is 10.1 Å². The summed E-state index contributed by atoms with van der Waals surface area (Å²) in [6, 6.07) is 17.8. The van der Waals surface area contributed by atoms with Crippen LogP contribution in [-0.2, 0) is 20.7 Å². The van der Waals surface area contributed by atoms with Crippen LogP contribution in [0, 0.1) is 0 Å². The summed E-state index contributed by atoms with van der Waals surface area (Å²) in [7, 11) is 0. The maximum absolute atomic E-state index is 11.7. The summed E-state index contributed by atoms with van der Waals surface area (Å²) in [5.74, 6) is -0.686. The zero-order valence-corrected chi connectivity index (χ0v) is 12.5. The summed E-state index contributed by atoms with van der Waals surface area (Å²) in [5.41, 5.74) is 3.09. The van der Waals surface area contributed by atoms with Crippen LogP contribution in [0.1, 0.15) is 12.5 Å². The first-order chi connectivity index (χ1) is 10.7. The molecule has 22 heavy (non-hydrogen) atoms. The minimum atomic E-state index is -0.404. The second kappa shape index (κ2) is 7.98. The minimum absolute atomic E-state index is 0.161. The molecular weight excluding hydrogens is 278 g/mol. The predicted molar refractivity (Wildman–Crippen MR) is 85.2 cm³/mol. The molecule has 2 aromatic rings.